The van der Waals surface area contributed by atoms with E-state index >= 15 is 0 Å². The molecular weight excluding hydrogens is 232 g/mol. The average molecular weight is 256 g/mol. The van der Waals surface area contributed by atoms with Crippen LogP contribution in [0.2, 0.25) is 0 Å². The number of nitrogens with zero attached hydrogens (tertiary/aromatic N) is 3. The van der Waals surface area contributed by atoms with Gasteiger partial charge in [0.25, 0.3) is 0 Å². The Morgan fingerprint density at radius 2 is 2.11 bits per heavy atom. The molecule has 0 aliphatic rings. The van der Waals surface area contributed by atoms with Crippen molar-refractivity contribution < 1.29 is 9.47 Å². The number of hydrogen-bond donors (Lipinski definition) is 1. The second-order valence-corrected chi connectivity index (χ2v) is 4.50. The molecule has 1 rings (SSSR count). The summed E-state index contributed by atoms with van der Waals surface area (Å²) in [6, 6.07) is 0. The van der Waals surface area contributed by atoms with Gasteiger partial charge in [0.1, 0.15) is 0 Å². The van der Waals surface area contributed by atoms with Gasteiger partial charge in [0.05, 0.1) is 24.6 Å². The number of hydrogen-bond acceptors (Lipinski definition) is 5. The lowest BCUT2D eigenvalue weighted by molar-refractivity contribution is 0.147. The molecule has 0 radical (unpaired) electrons. The summed E-state index contributed by atoms with van der Waals surface area (Å²) in [4.78, 5) is 0. The quantitative estimate of drug-likeness (QED) is 0.696. The first-order valence-corrected chi connectivity index (χ1v) is 6.26. The van der Waals surface area contributed by atoms with Crippen molar-refractivity contribution in [2.24, 2.45) is 5.92 Å². The van der Waals surface area contributed by atoms with Crippen LogP contribution in [0.15, 0.2) is 0 Å². The fourth-order valence-electron chi connectivity index (χ4n) is 1.92. The standard InChI is InChI=1S/C12H24N4O2/c1-10(9-18-4)8-16-12(5-6-17-3)11(7-13-2)14-15-16/h10,13H,5-9H2,1-4H3. The molecule has 1 unspecified atom stereocenters. The molecule has 0 aliphatic carbocycles. The first-order chi connectivity index (χ1) is 8.72. The van der Waals surface area contributed by atoms with Gasteiger partial charge < -0.3 is 14.8 Å². The van der Waals surface area contributed by atoms with Crippen LogP contribution in [0.4, 0.5) is 0 Å². The van der Waals surface area contributed by atoms with Gasteiger partial charge in [-0.1, -0.05) is 12.1 Å². The highest BCUT2D eigenvalue weighted by atomic mass is 16.5. The summed E-state index contributed by atoms with van der Waals surface area (Å²) >= 11 is 0. The molecule has 0 aliphatic heterocycles. The highest BCUT2D eigenvalue weighted by molar-refractivity contribution is 5.10. The summed E-state index contributed by atoms with van der Waals surface area (Å²) in [6.45, 7) is 5.11. The normalized spacial score (nSPS) is 12.9. The van der Waals surface area contributed by atoms with Crippen molar-refractivity contribution in [3.63, 3.8) is 0 Å². The molecule has 104 valence electrons. The fourth-order valence-corrected chi connectivity index (χ4v) is 1.92. The van der Waals surface area contributed by atoms with Gasteiger partial charge in [-0.25, -0.2) is 4.68 Å². The van der Waals surface area contributed by atoms with Gasteiger partial charge in [-0.3, -0.25) is 0 Å². The van der Waals surface area contributed by atoms with Crippen molar-refractivity contribution in [3.8, 4) is 0 Å². The molecule has 0 amide bonds. The third-order valence-electron chi connectivity index (χ3n) is 2.74. The number of nitrogens with one attached hydrogen (secondary N) is 1. The number of ether oxygens (including phenoxy) is 2. The van der Waals surface area contributed by atoms with Crippen molar-refractivity contribution >= 4 is 0 Å². The average Bonchev–Trinajstić information content (AvgIpc) is 2.70. The second kappa shape index (κ2) is 8.18. The maximum atomic E-state index is 5.15. The van der Waals surface area contributed by atoms with Gasteiger partial charge >= 0.3 is 0 Å². The predicted octanol–water partition coefficient (Wildman–Crippen LogP) is 0.469. The van der Waals surface area contributed by atoms with Gasteiger partial charge in [0.15, 0.2) is 0 Å². The van der Waals surface area contributed by atoms with Crippen LogP contribution in [0.1, 0.15) is 18.3 Å². The molecule has 0 saturated heterocycles. The van der Waals surface area contributed by atoms with E-state index in [-0.39, 0.29) is 0 Å². The molecule has 1 atom stereocenters. The van der Waals surface area contributed by atoms with Gasteiger partial charge in [-0.05, 0) is 13.0 Å². The minimum Gasteiger partial charge on any atom is -0.384 e. The summed E-state index contributed by atoms with van der Waals surface area (Å²) < 4.78 is 12.3. The third kappa shape index (κ3) is 4.36. The molecule has 1 aromatic rings. The van der Waals surface area contributed by atoms with Crippen LogP contribution in [0, 0.1) is 5.92 Å². The Hall–Kier alpha value is -0.980. The molecule has 6 nitrogen and oxygen atoms in total. The summed E-state index contributed by atoms with van der Waals surface area (Å²) in [7, 11) is 5.34. The molecule has 0 fully saturated rings. The van der Waals surface area contributed by atoms with Gasteiger partial charge in [-0.2, -0.15) is 0 Å². The summed E-state index contributed by atoms with van der Waals surface area (Å²) in [5.41, 5.74) is 2.15. The first-order valence-electron chi connectivity index (χ1n) is 6.26. The first kappa shape index (κ1) is 15.1. The van der Waals surface area contributed by atoms with E-state index < -0.39 is 0 Å². The van der Waals surface area contributed by atoms with E-state index in [1.54, 1.807) is 14.2 Å². The van der Waals surface area contributed by atoms with Crippen LogP contribution < -0.4 is 5.32 Å². The molecular formula is C12H24N4O2. The lowest BCUT2D eigenvalue weighted by atomic mass is 10.2. The largest absolute Gasteiger partial charge is 0.384 e. The van der Waals surface area contributed by atoms with Crippen LogP contribution in [0.25, 0.3) is 0 Å². The Labute approximate surface area is 109 Å². The van der Waals surface area contributed by atoms with E-state index in [0.29, 0.717) is 12.5 Å². The zero-order valence-corrected chi connectivity index (χ0v) is 11.8. The molecule has 1 N–H and O–H groups in total. The van der Waals surface area contributed by atoms with Crippen LogP contribution in [0.5, 0.6) is 0 Å². The van der Waals surface area contributed by atoms with E-state index in [2.05, 4.69) is 22.6 Å². The molecule has 0 bridgehead atoms. The SMILES string of the molecule is CNCc1nnn(CC(C)COC)c1CCOC. The molecule has 0 spiro atoms. The van der Waals surface area contributed by atoms with E-state index in [1.807, 2.05) is 11.7 Å². The highest BCUT2D eigenvalue weighted by Crippen LogP contribution is 2.10. The van der Waals surface area contributed by atoms with Crippen molar-refractivity contribution in [1.82, 2.24) is 20.3 Å². The molecule has 6 heteroatoms. The summed E-state index contributed by atoms with van der Waals surface area (Å²) in [6.07, 6.45) is 0.834. The topological polar surface area (TPSA) is 61.2 Å². The number of rotatable bonds is 9. The minimum atomic E-state index is 0.417. The summed E-state index contributed by atoms with van der Waals surface area (Å²) in [5.74, 6) is 0.417. The molecule has 0 saturated carbocycles. The Bertz CT molecular complexity index is 341. The van der Waals surface area contributed by atoms with E-state index in [1.165, 1.54) is 0 Å². The Kier molecular flexibility index (Phi) is 6.85. The fraction of sp³-hybridized carbons (Fsp3) is 0.833. The van der Waals surface area contributed by atoms with E-state index in [9.17, 15) is 0 Å². The third-order valence-corrected chi connectivity index (χ3v) is 2.74. The molecule has 1 aromatic heterocycles. The summed E-state index contributed by atoms with van der Waals surface area (Å²) in [5, 5.41) is 11.6. The van der Waals surface area contributed by atoms with E-state index in [0.717, 1.165) is 37.5 Å². The zero-order valence-electron chi connectivity index (χ0n) is 11.8. The van der Waals surface area contributed by atoms with Crippen LogP contribution in [-0.2, 0) is 29.0 Å². The lowest BCUT2D eigenvalue weighted by Crippen LogP contribution is -2.17. The maximum absolute atomic E-state index is 5.15. The van der Waals surface area contributed by atoms with Gasteiger partial charge in [0.2, 0.25) is 0 Å². The van der Waals surface area contributed by atoms with Gasteiger partial charge in [-0.15, -0.1) is 5.10 Å². The van der Waals surface area contributed by atoms with Gasteiger partial charge in [0, 0.05) is 33.7 Å². The molecule has 18 heavy (non-hydrogen) atoms. The smallest absolute Gasteiger partial charge is 0.0997 e. The molecule has 0 aromatic carbocycles. The Balaban J connectivity index is 2.75. The van der Waals surface area contributed by atoms with Crippen molar-refractivity contribution in [3.05, 3.63) is 11.4 Å². The monoisotopic (exact) mass is 256 g/mol. The minimum absolute atomic E-state index is 0.417. The van der Waals surface area contributed by atoms with E-state index in [4.69, 9.17) is 9.47 Å². The maximum Gasteiger partial charge on any atom is 0.0997 e. The van der Waals surface area contributed by atoms with Crippen molar-refractivity contribution in [2.75, 3.05) is 34.5 Å². The second-order valence-electron chi connectivity index (χ2n) is 4.50. The van der Waals surface area contributed by atoms with Crippen molar-refractivity contribution in [1.29, 1.82) is 0 Å². The predicted molar refractivity (Wildman–Crippen MR) is 69.4 cm³/mol. The number of aromatic nitrogens is 3. The van der Waals surface area contributed by atoms with Crippen LogP contribution in [-0.4, -0.2) is 49.5 Å². The Morgan fingerprint density at radius 1 is 1.33 bits per heavy atom. The number of methoxy groups -OCH3 is 2. The van der Waals surface area contributed by atoms with Crippen LogP contribution >= 0.6 is 0 Å². The molecule has 1 heterocycles. The lowest BCUT2D eigenvalue weighted by Gasteiger charge is -2.12. The highest BCUT2D eigenvalue weighted by Gasteiger charge is 2.14. The van der Waals surface area contributed by atoms with Crippen molar-refractivity contribution in [2.45, 2.75) is 26.4 Å². The Morgan fingerprint density at radius 3 is 2.72 bits per heavy atom. The zero-order chi connectivity index (χ0) is 13.4. The van der Waals surface area contributed by atoms with Crippen LogP contribution in [0.3, 0.4) is 0 Å².